The van der Waals surface area contributed by atoms with Crippen LogP contribution in [0, 0.1) is 23.2 Å². The summed E-state index contributed by atoms with van der Waals surface area (Å²) in [6.07, 6.45) is -0.0557. The first-order chi connectivity index (χ1) is 15.6. The highest BCUT2D eigenvalue weighted by Crippen LogP contribution is 2.54. The molecule has 1 aliphatic heterocycles. The van der Waals surface area contributed by atoms with Crippen LogP contribution in [-0.2, 0) is 25.5 Å². The number of hydrogen-bond donors (Lipinski definition) is 1. The van der Waals surface area contributed by atoms with Crippen LogP contribution in [0.3, 0.4) is 0 Å². The van der Waals surface area contributed by atoms with Crippen LogP contribution >= 0.6 is 0 Å². The van der Waals surface area contributed by atoms with Gasteiger partial charge in [-0.05, 0) is 49.8 Å². The van der Waals surface area contributed by atoms with E-state index in [-0.39, 0.29) is 31.1 Å². The predicted octanol–water partition coefficient (Wildman–Crippen LogP) is 4.41. The fraction of sp³-hybridized carbons (Fsp3) is 0.640. The van der Waals surface area contributed by atoms with E-state index in [1.165, 1.54) is 5.06 Å². The minimum atomic E-state index is -2.61. The van der Waals surface area contributed by atoms with Gasteiger partial charge in [0.05, 0.1) is 24.5 Å². The number of carbonyl (C=O) groups excluding carboxylic acids is 2. The molecule has 2 aliphatic rings. The molecule has 9 heteroatoms. The normalized spacial score (nSPS) is 28.1. The fourth-order valence-corrected chi connectivity index (χ4v) is 6.75. The molecule has 1 amide bonds. The van der Waals surface area contributed by atoms with E-state index in [4.69, 9.17) is 9.26 Å². The van der Waals surface area contributed by atoms with E-state index in [0.717, 1.165) is 5.56 Å². The Labute approximate surface area is 205 Å². The highest BCUT2D eigenvalue weighted by atomic mass is 28.4. The van der Waals surface area contributed by atoms with Gasteiger partial charge in [-0.3, -0.25) is 14.4 Å². The van der Waals surface area contributed by atoms with E-state index in [1.807, 2.05) is 76.9 Å². The van der Waals surface area contributed by atoms with Gasteiger partial charge in [0.1, 0.15) is 17.9 Å². The quantitative estimate of drug-likeness (QED) is 0.418. The van der Waals surface area contributed by atoms with E-state index in [0.29, 0.717) is 6.42 Å². The number of benzene rings is 1. The molecule has 34 heavy (non-hydrogen) atoms. The molecule has 1 saturated heterocycles. The average Bonchev–Trinajstić information content (AvgIpc) is 2.71. The Kier molecular flexibility index (Phi) is 7.33. The molecule has 3 rings (SSSR count). The zero-order valence-corrected chi connectivity index (χ0v) is 23.4. The third-order valence-corrected chi connectivity index (χ3v) is 12.0. The molecule has 0 unspecified atom stereocenters. The molecule has 7 nitrogen and oxygen atoms in total. The van der Waals surface area contributed by atoms with Crippen molar-refractivity contribution < 1.29 is 23.6 Å². The first kappa shape index (κ1) is 26.8. The van der Waals surface area contributed by atoms with Crippen molar-refractivity contribution in [2.45, 2.75) is 89.1 Å². The number of carbonyl (C=O) groups is 2. The molecule has 0 aromatic heterocycles. The highest BCUT2D eigenvalue weighted by Gasteiger charge is 2.68. The molecule has 1 spiro atoms. The number of nitrogens with zero attached hydrogens (tertiary/aromatic N) is 2. The summed E-state index contributed by atoms with van der Waals surface area (Å²) in [5.74, 6) is -1.48. The minimum Gasteiger partial charge on any atom is -0.432 e. The number of hydroxylamine groups is 2. The van der Waals surface area contributed by atoms with Gasteiger partial charge >= 0.3 is 0 Å². The van der Waals surface area contributed by atoms with Crippen LogP contribution in [0.4, 0.5) is 0 Å². The van der Waals surface area contributed by atoms with Crippen molar-refractivity contribution in [3.63, 3.8) is 0 Å². The Morgan fingerprint density at radius 3 is 2.29 bits per heavy atom. The van der Waals surface area contributed by atoms with E-state index in [9.17, 15) is 19.6 Å². The zero-order chi connectivity index (χ0) is 25.5. The van der Waals surface area contributed by atoms with Gasteiger partial charge in [-0.1, -0.05) is 44.2 Å². The monoisotopic (exact) mass is 502 g/mol. The van der Waals surface area contributed by atoms with Crippen molar-refractivity contribution in [3.05, 3.63) is 35.9 Å². The lowest BCUT2D eigenvalue weighted by Gasteiger charge is -2.60. The lowest BCUT2D eigenvalue weighted by molar-refractivity contribution is -0.296. The summed E-state index contributed by atoms with van der Waals surface area (Å²) in [6, 6.07) is 11.9. The lowest BCUT2D eigenvalue weighted by Crippen LogP contribution is -2.77. The molecule has 1 N–H and O–H groups in total. The standard InChI is InChI=1S/C25H38N2O5Si2/c1-24(2,34(6,7)30)14-20-21(28)13-19(16-26)25(23(20)32-33(3,4)5)15-22(29)27(25)31-17-18-11-9-8-10-12-18/h8-12,19-20,23,30H,13-15,17H2,1-7H3/t19-,20+,23+,25+/m0/s1. The fourth-order valence-electron chi connectivity index (χ4n) is 4.90. The molecular weight excluding hydrogens is 464 g/mol. The van der Waals surface area contributed by atoms with Crippen molar-refractivity contribution in [1.82, 2.24) is 5.06 Å². The topological polar surface area (TPSA) is 99.9 Å². The van der Waals surface area contributed by atoms with E-state index < -0.39 is 45.2 Å². The van der Waals surface area contributed by atoms with Gasteiger partial charge in [0.15, 0.2) is 16.6 Å². The molecule has 1 saturated carbocycles. The molecular formula is C25H38N2O5Si2. The molecule has 1 aliphatic carbocycles. The van der Waals surface area contributed by atoms with E-state index in [2.05, 4.69) is 6.07 Å². The second-order valence-electron chi connectivity index (χ2n) is 11.9. The number of hydrogen-bond acceptors (Lipinski definition) is 6. The summed E-state index contributed by atoms with van der Waals surface area (Å²) in [6.45, 7) is 14.1. The first-order valence-electron chi connectivity index (χ1n) is 11.9. The van der Waals surface area contributed by atoms with Gasteiger partial charge in [-0.2, -0.15) is 5.26 Å². The Bertz CT molecular complexity index is 964. The van der Waals surface area contributed by atoms with Gasteiger partial charge in [-0.25, -0.2) is 5.06 Å². The van der Waals surface area contributed by atoms with Crippen LogP contribution < -0.4 is 0 Å². The van der Waals surface area contributed by atoms with Crippen molar-refractivity contribution in [2.24, 2.45) is 11.8 Å². The van der Waals surface area contributed by atoms with Crippen LogP contribution in [0.25, 0.3) is 0 Å². The van der Waals surface area contributed by atoms with Gasteiger partial charge in [0.2, 0.25) is 5.91 Å². The Hall–Kier alpha value is -1.84. The molecule has 1 heterocycles. The van der Waals surface area contributed by atoms with Crippen LogP contribution in [0.5, 0.6) is 0 Å². The van der Waals surface area contributed by atoms with Crippen LogP contribution in [0.2, 0.25) is 37.8 Å². The van der Waals surface area contributed by atoms with Gasteiger partial charge in [0, 0.05) is 12.3 Å². The van der Waals surface area contributed by atoms with Crippen molar-refractivity contribution in [2.75, 3.05) is 0 Å². The van der Waals surface area contributed by atoms with E-state index >= 15 is 0 Å². The smallest absolute Gasteiger partial charge is 0.249 e. The number of Topliss-reactive ketones (excluding diaryl/α,β-unsaturated/α-hetero) is 1. The van der Waals surface area contributed by atoms with Gasteiger partial charge < -0.3 is 9.22 Å². The molecule has 186 valence electrons. The maximum atomic E-state index is 13.4. The molecule has 2 fully saturated rings. The maximum Gasteiger partial charge on any atom is 0.249 e. The van der Waals surface area contributed by atoms with E-state index in [1.54, 1.807) is 0 Å². The highest BCUT2D eigenvalue weighted by molar-refractivity contribution is 6.72. The second-order valence-corrected chi connectivity index (χ2v) is 20.8. The third kappa shape index (κ3) is 5.07. The van der Waals surface area contributed by atoms with Crippen LogP contribution in [-0.4, -0.2) is 49.8 Å². The van der Waals surface area contributed by atoms with Crippen LogP contribution in [0.1, 0.15) is 38.7 Å². The summed E-state index contributed by atoms with van der Waals surface area (Å²) in [7, 11) is -4.81. The number of nitriles is 1. The number of rotatable bonds is 8. The third-order valence-electron chi connectivity index (χ3n) is 7.55. The van der Waals surface area contributed by atoms with Crippen LogP contribution in [0.15, 0.2) is 30.3 Å². The average molecular weight is 503 g/mol. The Morgan fingerprint density at radius 2 is 1.79 bits per heavy atom. The zero-order valence-electron chi connectivity index (χ0n) is 21.4. The van der Waals surface area contributed by atoms with Crippen molar-refractivity contribution in [1.29, 1.82) is 5.26 Å². The predicted molar refractivity (Wildman–Crippen MR) is 134 cm³/mol. The molecule has 4 atom stereocenters. The van der Waals surface area contributed by atoms with Crippen molar-refractivity contribution >= 4 is 28.3 Å². The van der Waals surface area contributed by atoms with Gasteiger partial charge in [-0.15, -0.1) is 0 Å². The number of ketones is 1. The maximum absolute atomic E-state index is 13.4. The summed E-state index contributed by atoms with van der Waals surface area (Å²) in [5, 5.41) is 11.0. The number of amides is 1. The lowest BCUT2D eigenvalue weighted by atomic mass is 9.60. The molecule has 1 aromatic carbocycles. The largest absolute Gasteiger partial charge is 0.432 e. The SMILES string of the molecule is CC(C)(C[C@@H]1C(=O)C[C@@H](C#N)[C@]2(CC(=O)N2OCc2ccccc2)[C@@H]1O[Si](C)(C)C)[Si](C)(C)O. The molecule has 0 radical (unpaired) electrons. The molecule has 0 bridgehead atoms. The van der Waals surface area contributed by atoms with Gasteiger partial charge in [0.25, 0.3) is 0 Å². The summed E-state index contributed by atoms with van der Waals surface area (Å²) >= 11 is 0. The minimum absolute atomic E-state index is 0.0332. The second kappa shape index (κ2) is 9.32. The summed E-state index contributed by atoms with van der Waals surface area (Å²) < 4.78 is 6.67. The summed E-state index contributed by atoms with van der Waals surface area (Å²) in [5.41, 5.74) is -0.109. The first-order valence-corrected chi connectivity index (χ1v) is 18.3. The Balaban J connectivity index is 2.03. The number of β-lactam (4-membered cyclic amide) rings is 1. The Morgan fingerprint density at radius 1 is 1.18 bits per heavy atom. The summed E-state index contributed by atoms with van der Waals surface area (Å²) in [4.78, 5) is 43.3. The van der Waals surface area contributed by atoms with Crippen molar-refractivity contribution in [3.8, 4) is 6.07 Å². The molecule has 1 aromatic rings.